The van der Waals surface area contributed by atoms with Gasteiger partial charge >= 0.3 is 5.97 Å². The second kappa shape index (κ2) is 6.85. The zero-order chi connectivity index (χ0) is 18.1. The lowest BCUT2D eigenvalue weighted by atomic mass is 10.2. The minimum absolute atomic E-state index is 0.151. The molecule has 1 aliphatic heterocycles. The number of aromatic nitrogens is 1. The molecule has 25 heavy (non-hydrogen) atoms. The number of thiocarbonyl (C=S) groups is 1. The fourth-order valence-corrected chi connectivity index (χ4v) is 3.80. The number of carbonyl (C=O) groups excluding carboxylic acids is 2. The molecule has 128 valence electrons. The van der Waals surface area contributed by atoms with Crippen molar-refractivity contribution >= 4 is 46.3 Å². The highest BCUT2D eigenvalue weighted by Crippen LogP contribution is 2.33. The maximum Gasteiger partial charge on any atom is 0.308 e. The van der Waals surface area contributed by atoms with Crippen LogP contribution in [0.3, 0.4) is 0 Å². The second-order valence-electron chi connectivity index (χ2n) is 5.58. The molecule has 0 aliphatic carbocycles. The number of esters is 1. The quantitative estimate of drug-likeness (QED) is 0.357. The number of aryl methyl sites for hydroxylation is 2. The van der Waals surface area contributed by atoms with Gasteiger partial charge in [0.1, 0.15) is 5.75 Å². The first-order valence-electron chi connectivity index (χ1n) is 7.58. The van der Waals surface area contributed by atoms with Gasteiger partial charge in [-0.2, -0.15) is 5.01 Å². The first kappa shape index (κ1) is 17.4. The van der Waals surface area contributed by atoms with Gasteiger partial charge in [-0.25, -0.2) is 0 Å². The maximum atomic E-state index is 12.8. The molecule has 2 heterocycles. The third kappa shape index (κ3) is 3.52. The molecule has 1 amide bonds. The third-order valence-corrected chi connectivity index (χ3v) is 4.93. The number of carbonyl (C=O) groups is 2. The number of hydrogen-bond donors (Lipinski definition) is 0. The van der Waals surface area contributed by atoms with E-state index in [1.807, 2.05) is 30.7 Å². The molecule has 0 bridgehead atoms. The monoisotopic (exact) mass is 372 g/mol. The number of rotatable bonds is 3. The molecule has 1 fully saturated rings. The average Bonchev–Trinajstić information content (AvgIpc) is 3.01. The second-order valence-corrected chi connectivity index (χ2v) is 7.26. The number of amides is 1. The SMILES string of the molecule is CC(=O)Oc1ccc(/C=C2/SC(=S)N(n3c(C)ccc3C)C2=O)cc1. The van der Waals surface area contributed by atoms with Crippen LogP contribution in [0.1, 0.15) is 23.9 Å². The first-order valence-corrected chi connectivity index (χ1v) is 8.81. The summed E-state index contributed by atoms with van der Waals surface area (Å²) < 4.78 is 7.32. The van der Waals surface area contributed by atoms with Crippen molar-refractivity contribution in [3.05, 3.63) is 58.3 Å². The van der Waals surface area contributed by atoms with Crippen LogP contribution in [-0.2, 0) is 9.59 Å². The lowest BCUT2D eigenvalue weighted by Gasteiger charge is -2.20. The summed E-state index contributed by atoms with van der Waals surface area (Å²) in [6.07, 6.45) is 1.78. The summed E-state index contributed by atoms with van der Waals surface area (Å²) >= 11 is 6.67. The number of benzene rings is 1. The van der Waals surface area contributed by atoms with E-state index in [-0.39, 0.29) is 11.9 Å². The third-order valence-electron chi connectivity index (χ3n) is 3.65. The summed E-state index contributed by atoms with van der Waals surface area (Å²) in [4.78, 5) is 24.3. The van der Waals surface area contributed by atoms with Crippen molar-refractivity contribution in [3.8, 4) is 5.75 Å². The number of hydrogen-bond acceptors (Lipinski definition) is 5. The Morgan fingerprint density at radius 1 is 1.12 bits per heavy atom. The van der Waals surface area contributed by atoms with Crippen LogP contribution in [0, 0.1) is 13.8 Å². The van der Waals surface area contributed by atoms with Gasteiger partial charge in [0.15, 0.2) is 4.32 Å². The van der Waals surface area contributed by atoms with Crippen LogP contribution in [0.5, 0.6) is 5.75 Å². The summed E-state index contributed by atoms with van der Waals surface area (Å²) in [5.74, 6) is -0.0525. The van der Waals surface area contributed by atoms with E-state index in [9.17, 15) is 9.59 Å². The minimum Gasteiger partial charge on any atom is -0.427 e. The van der Waals surface area contributed by atoms with E-state index in [1.165, 1.54) is 23.7 Å². The molecule has 1 aromatic carbocycles. The highest BCUT2D eigenvalue weighted by atomic mass is 32.2. The number of thioether (sulfide) groups is 1. The Bertz CT molecular complexity index is 878. The van der Waals surface area contributed by atoms with Crippen molar-refractivity contribution in [2.24, 2.45) is 0 Å². The fourth-order valence-electron chi connectivity index (χ4n) is 2.56. The largest absolute Gasteiger partial charge is 0.427 e. The van der Waals surface area contributed by atoms with Gasteiger partial charge in [0.05, 0.1) is 4.91 Å². The van der Waals surface area contributed by atoms with Gasteiger partial charge in [0.2, 0.25) is 0 Å². The van der Waals surface area contributed by atoms with Crippen molar-refractivity contribution in [2.45, 2.75) is 20.8 Å². The highest BCUT2D eigenvalue weighted by molar-refractivity contribution is 8.27. The lowest BCUT2D eigenvalue weighted by Crippen LogP contribution is -2.39. The molecule has 3 rings (SSSR count). The molecule has 0 atom stereocenters. The van der Waals surface area contributed by atoms with Crippen LogP contribution < -0.4 is 9.75 Å². The van der Waals surface area contributed by atoms with Crippen LogP contribution in [0.4, 0.5) is 0 Å². The molecule has 2 aromatic rings. The molecule has 0 saturated carbocycles. The Morgan fingerprint density at radius 2 is 1.72 bits per heavy atom. The summed E-state index contributed by atoms with van der Waals surface area (Å²) in [5, 5.41) is 1.52. The zero-order valence-corrected chi connectivity index (χ0v) is 15.6. The van der Waals surface area contributed by atoms with Crippen molar-refractivity contribution in [1.82, 2.24) is 4.68 Å². The molecule has 0 N–H and O–H groups in total. The predicted molar refractivity (Wildman–Crippen MR) is 103 cm³/mol. The Morgan fingerprint density at radius 3 is 2.28 bits per heavy atom. The topological polar surface area (TPSA) is 51.5 Å². The highest BCUT2D eigenvalue weighted by Gasteiger charge is 2.34. The smallest absolute Gasteiger partial charge is 0.308 e. The molecular weight excluding hydrogens is 356 g/mol. The lowest BCUT2D eigenvalue weighted by molar-refractivity contribution is -0.131. The molecule has 0 spiro atoms. The summed E-state index contributed by atoms with van der Waals surface area (Å²) in [6.45, 7) is 5.22. The van der Waals surface area contributed by atoms with Gasteiger partial charge in [0, 0.05) is 18.3 Å². The van der Waals surface area contributed by atoms with Crippen LogP contribution >= 0.6 is 24.0 Å². The van der Waals surface area contributed by atoms with E-state index in [4.69, 9.17) is 17.0 Å². The average molecular weight is 372 g/mol. The van der Waals surface area contributed by atoms with E-state index in [1.54, 1.807) is 30.3 Å². The van der Waals surface area contributed by atoms with Crippen molar-refractivity contribution < 1.29 is 14.3 Å². The predicted octanol–water partition coefficient (Wildman–Crippen LogP) is 3.57. The van der Waals surface area contributed by atoms with E-state index in [0.717, 1.165) is 17.0 Å². The van der Waals surface area contributed by atoms with Crippen LogP contribution in [-0.4, -0.2) is 20.9 Å². The molecule has 0 radical (unpaired) electrons. The maximum absolute atomic E-state index is 12.8. The molecule has 1 aliphatic rings. The van der Waals surface area contributed by atoms with E-state index >= 15 is 0 Å². The van der Waals surface area contributed by atoms with Gasteiger partial charge in [-0.1, -0.05) is 23.9 Å². The van der Waals surface area contributed by atoms with Gasteiger partial charge in [-0.3, -0.25) is 14.3 Å². The normalized spacial score (nSPS) is 16.0. The first-order chi connectivity index (χ1) is 11.9. The van der Waals surface area contributed by atoms with Crippen LogP contribution in [0.25, 0.3) is 6.08 Å². The summed E-state index contributed by atoms with van der Waals surface area (Å²) in [7, 11) is 0. The Hall–Kier alpha value is -2.38. The molecular formula is C18H16N2O3S2. The summed E-state index contributed by atoms with van der Waals surface area (Å²) in [5.41, 5.74) is 2.72. The van der Waals surface area contributed by atoms with Gasteiger partial charge in [0.25, 0.3) is 5.91 Å². The van der Waals surface area contributed by atoms with Crippen molar-refractivity contribution in [1.29, 1.82) is 0 Å². The molecule has 1 saturated heterocycles. The van der Waals surface area contributed by atoms with E-state index in [2.05, 4.69) is 0 Å². The van der Waals surface area contributed by atoms with Crippen molar-refractivity contribution in [3.63, 3.8) is 0 Å². The number of nitrogens with zero attached hydrogens (tertiary/aromatic N) is 2. The van der Waals surface area contributed by atoms with E-state index < -0.39 is 0 Å². The van der Waals surface area contributed by atoms with Gasteiger partial charge in [-0.15, -0.1) is 0 Å². The molecule has 0 unspecified atom stereocenters. The Balaban J connectivity index is 1.87. The number of ether oxygens (including phenoxy) is 1. The standard InChI is InChI=1S/C18H16N2O3S2/c1-11-4-5-12(2)19(11)20-17(22)16(25-18(20)24)10-14-6-8-15(9-7-14)23-13(3)21/h4-10H,1-3H3/b16-10+. The Kier molecular flexibility index (Phi) is 4.78. The molecule has 5 nitrogen and oxygen atoms in total. The molecule has 1 aromatic heterocycles. The van der Waals surface area contributed by atoms with Crippen LogP contribution in [0.2, 0.25) is 0 Å². The van der Waals surface area contributed by atoms with Gasteiger partial charge < -0.3 is 4.74 Å². The van der Waals surface area contributed by atoms with Gasteiger partial charge in [-0.05, 0) is 62.0 Å². The fraction of sp³-hybridized carbons (Fsp3) is 0.167. The minimum atomic E-state index is -0.369. The van der Waals surface area contributed by atoms with Crippen molar-refractivity contribution in [2.75, 3.05) is 5.01 Å². The van der Waals surface area contributed by atoms with E-state index in [0.29, 0.717) is 15.0 Å². The summed E-state index contributed by atoms with van der Waals surface area (Å²) in [6, 6.07) is 10.9. The molecule has 7 heteroatoms. The van der Waals surface area contributed by atoms with Crippen LogP contribution in [0.15, 0.2) is 41.3 Å². The Labute approximate surface area is 155 Å². The zero-order valence-electron chi connectivity index (χ0n) is 14.0.